The SMILES string of the molecule is Oc1ccc(-c2ccn(-c3ccc(O)c(Cl)c3)n2)cc1. The van der Waals surface area contributed by atoms with Crippen LogP contribution in [0.4, 0.5) is 0 Å². The lowest BCUT2D eigenvalue weighted by Gasteiger charge is -2.03. The average molecular weight is 287 g/mol. The Morgan fingerprint density at radius 1 is 0.950 bits per heavy atom. The molecule has 0 radical (unpaired) electrons. The molecule has 5 heteroatoms. The highest BCUT2D eigenvalue weighted by molar-refractivity contribution is 6.32. The number of hydrogen-bond acceptors (Lipinski definition) is 3. The fourth-order valence-electron chi connectivity index (χ4n) is 1.89. The fraction of sp³-hybridized carbons (Fsp3) is 0. The standard InChI is InChI=1S/C15H11ClN2O2/c16-13-9-11(3-6-15(13)20)18-8-7-14(17-18)10-1-4-12(19)5-2-10/h1-9,19-20H. The number of aromatic hydroxyl groups is 2. The Balaban J connectivity index is 1.97. The van der Waals surface area contributed by atoms with Crippen LogP contribution >= 0.6 is 11.6 Å². The van der Waals surface area contributed by atoms with Gasteiger partial charge in [0.1, 0.15) is 11.5 Å². The van der Waals surface area contributed by atoms with Gasteiger partial charge in [0.25, 0.3) is 0 Å². The largest absolute Gasteiger partial charge is 0.508 e. The maximum atomic E-state index is 9.41. The highest BCUT2D eigenvalue weighted by Gasteiger charge is 2.06. The van der Waals surface area contributed by atoms with E-state index in [0.717, 1.165) is 16.9 Å². The van der Waals surface area contributed by atoms with Crippen LogP contribution in [0.5, 0.6) is 11.5 Å². The van der Waals surface area contributed by atoms with E-state index in [1.54, 1.807) is 41.1 Å². The molecular formula is C15H11ClN2O2. The van der Waals surface area contributed by atoms with Gasteiger partial charge < -0.3 is 10.2 Å². The van der Waals surface area contributed by atoms with Gasteiger partial charge in [-0.1, -0.05) is 11.6 Å². The van der Waals surface area contributed by atoms with E-state index >= 15 is 0 Å². The van der Waals surface area contributed by atoms with Crippen molar-refractivity contribution in [3.8, 4) is 28.4 Å². The van der Waals surface area contributed by atoms with Gasteiger partial charge in [-0.3, -0.25) is 0 Å². The van der Waals surface area contributed by atoms with Gasteiger partial charge in [0, 0.05) is 11.8 Å². The molecule has 2 N–H and O–H groups in total. The van der Waals surface area contributed by atoms with Crippen LogP contribution in [0.3, 0.4) is 0 Å². The van der Waals surface area contributed by atoms with Crippen LogP contribution < -0.4 is 0 Å². The Kier molecular flexibility index (Phi) is 3.08. The van der Waals surface area contributed by atoms with Crippen LogP contribution in [0.2, 0.25) is 5.02 Å². The number of phenolic OH excluding ortho intramolecular Hbond substituents is 2. The van der Waals surface area contributed by atoms with E-state index in [1.165, 1.54) is 6.07 Å². The summed E-state index contributed by atoms with van der Waals surface area (Å²) in [5.41, 5.74) is 2.46. The first-order valence-electron chi connectivity index (χ1n) is 5.97. The van der Waals surface area contributed by atoms with Gasteiger partial charge >= 0.3 is 0 Å². The summed E-state index contributed by atoms with van der Waals surface area (Å²) < 4.78 is 1.67. The molecule has 0 aliphatic rings. The molecule has 1 aromatic heterocycles. The number of benzene rings is 2. The first-order chi connectivity index (χ1) is 9.63. The van der Waals surface area contributed by atoms with E-state index in [2.05, 4.69) is 5.10 Å². The minimum absolute atomic E-state index is 0.0429. The number of rotatable bonds is 2. The van der Waals surface area contributed by atoms with Gasteiger partial charge in [-0.05, 0) is 48.5 Å². The summed E-state index contributed by atoms with van der Waals surface area (Å²) in [6.45, 7) is 0. The van der Waals surface area contributed by atoms with Crippen LogP contribution in [0.15, 0.2) is 54.7 Å². The third-order valence-electron chi connectivity index (χ3n) is 2.95. The lowest BCUT2D eigenvalue weighted by molar-refractivity contribution is 0.475. The first kappa shape index (κ1) is 12.6. The van der Waals surface area contributed by atoms with Crippen molar-refractivity contribution in [1.29, 1.82) is 0 Å². The van der Waals surface area contributed by atoms with Crippen molar-refractivity contribution in [3.63, 3.8) is 0 Å². The molecule has 0 aliphatic heterocycles. The molecule has 3 rings (SSSR count). The highest BCUT2D eigenvalue weighted by Crippen LogP contribution is 2.26. The lowest BCUT2D eigenvalue weighted by atomic mass is 10.1. The quantitative estimate of drug-likeness (QED) is 0.757. The Labute approximate surface area is 120 Å². The second-order valence-electron chi connectivity index (χ2n) is 4.33. The zero-order chi connectivity index (χ0) is 14.1. The van der Waals surface area contributed by atoms with E-state index in [0.29, 0.717) is 0 Å². The molecule has 4 nitrogen and oxygen atoms in total. The van der Waals surface area contributed by atoms with Gasteiger partial charge in [-0.2, -0.15) is 5.10 Å². The molecule has 0 saturated heterocycles. The van der Waals surface area contributed by atoms with Gasteiger partial charge in [0.2, 0.25) is 0 Å². The molecule has 0 unspecified atom stereocenters. The second-order valence-corrected chi connectivity index (χ2v) is 4.74. The van der Waals surface area contributed by atoms with Gasteiger partial charge in [0.05, 0.1) is 16.4 Å². The van der Waals surface area contributed by atoms with Crippen LogP contribution in [-0.2, 0) is 0 Å². The molecule has 0 bridgehead atoms. The lowest BCUT2D eigenvalue weighted by Crippen LogP contribution is -1.94. The molecule has 20 heavy (non-hydrogen) atoms. The molecule has 0 saturated carbocycles. The van der Waals surface area contributed by atoms with Crippen LogP contribution in [0, 0.1) is 0 Å². The molecule has 0 spiro atoms. The minimum Gasteiger partial charge on any atom is -0.508 e. The molecule has 0 atom stereocenters. The van der Waals surface area contributed by atoms with Crippen molar-refractivity contribution in [2.24, 2.45) is 0 Å². The van der Waals surface area contributed by atoms with E-state index < -0.39 is 0 Å². The summed E-state index contributed by atoms with van der Waals surface area (Å²) in [5.74, 6) is 0.264. The zero-order valence-corrected chi connectivity index (χ0v) is 11.1. The van der Waals surface area contributed by atoms with Crippen molar-refractivity contribution in [2.45, 2.75) is 0 Å². The number of phenols is 2. The Bertz CT molecular complexity index is 751. The highest BCUT2D eigenvalue weighted by atomic mass is 35.5. The monoisotopic (exact) mass is 286 g/mol. The molecule has 3 aromatic rings. The van der Waals surface area contributed by atoms with Gasteiger partial charge in [0.15, 0.2) is 0 Å². The van der Waals surface area contributed by atoms with E-state index in [-0.39, 0.29) is 16.5 Å². The van der Waals surface area contributed by atoms with Crippen molar-refractivity contribution < 1.29 is 10.2 Å². The van der Waals surface area contributed by atoms with Crippen LogP contribution in [0.1, 0.15) is 0 Å². The summed E-state index contributed by atoms with van der Waals surface area (Å²) in [7, 11) is 0. The smallest absolute Gasteiger partial charge is 0.134 e. The molecule has 100 valence electrons. The number of aromatic nitrogens is 2. The normalized spacial score (nSPS) is 10.7. The third kappa shape index (κ3) is 2.33. The molecule has 0 fully saturated rings. The predicted molar refractivity (Wildman–Crippen MR) is 77.3 cm³/mol. The second kappa shape index (κ2) is 4.90. The molecule has 0 aliphatic carbocycles. The van der Waals surface area contributed by atoms with Crippen molar-refractivity contribution in [1.82, 2.24) is 9.78 Å². The van der Waals surface area contributed by atoms with Crippen LogP contribution in [-0.4, -0.2) is 20.0 Å². The summed E-state index contributed by atoms with van der Waals surface area (Å²) in [6, 6.07) is 13.6. The summed E-state index contributed by atoms with van der Waals surface area (Å²) >= 11 is 5.89. The van der Waals surface area contributed by atoms with E-state index in [4.69, 9.17) is 11.6 Å². The third-order valence-corrected chi connectivity index (χ3v) is 3.25. The van der Waals surface area contributed by atoms with E-state index in [9.17, 15) is 10.2 Å². The fourth-order valence-corrected chi connectivity index (χ4v) is 2.07. The molecule has 2 aromatic carbocycles. The zero-order valence-electron chi connectivity index (χ0n) is 10.4. The number of nitrogens with zero attached hydrogens (tertiary/aromatic N) is 2. The Morgan fingerprint density at radius 2 is 1.70 bits per heavy atom. The van der Waals surface area contributed by atoms with Crippen molar-refractivity contribution in [2.75, 3.05) is 0 Å². The van der Waals surface area contributed by atoms with E-state index in [1.807, 2.05) is 12.3 Å². The van der Waals surface area contributed by atoms with Crippen LogP contribution in [0.25, 0.3) is 16.9 Å². The topological polar surface area (TPSA) is 58.3 Å². The Hall–Kier alpha value is -2.46. The van der Waals surface area contributed by atoms with Crippen molar-refractivity contribution in [3.05, 3.63) is 59.8 Å². The van der Waals surface area contributed by atoms with Gasteiger partial charge in [-0.15, -0.1) is 0 Å². The molecule has 1 heterocycles. The van der Waals surface area contributed by atoms with Gasteiger partial charge in [-0.25, -0.2) is 4.68 Å². The molecular weight excluding hydrogens is 276 g/mol. The maximum absolute atomic E-state index is 9.41. The predicted octanol–water partition coefficient (Wildman–Crippen LogP) is 3.60. The summed E-state index contributed by atoms with van der Waals surface area (Å²) in [6.07, 6.45) is 1.81. The van der Waals surface area contributed by atoms with Crippen molar-refractivity contribution >= 4 is 11.6 Å². The summed E-state index contributed by atoms with van der Waals surface area (Å²) in [5, 5.41) is 23.4. The number of halogens is 1. The maximum Gasteiger partial charge on any atom is 0.134 e. The number of hydrogen-bond donors (Lipinski definition) is 2. The summed E-state index contributed by atoms with van der Waals surface area (Å²) in [4.78, 5) is 0. The average Bonchev–Trinajstić information content (AvgIpc) is 2.92. The first-order valence-corrected chi connectivity index (χ1v) is 6.35. The molecule has 0 amide bonds. The Morgan fingerprint density at radius 3 is 2.40 bits per heavy atom. The minimum atomic E-state index is 0.0429.